The molecule has 1 saturated heterocycles. The summed E-state index contributed by atoms with van der Waals surface area (Å²) in [7, 11) is -3.36. The molecule has 21 heavy (non-hydrogen) atoms. The molecule has 6 heteroatoms. The van der Waals surface area contributed by atoms with E-state index in [1.54, 1.807) is 16.4 Å². The highest BCUT2D eigenvalue weighted by Crippen LogP contribution is 2.26. The van der Waals surface area contributed by atoms with E-state index in [4.69, 9.17) is 5.73 Å². The molecule has 1 heterocycles. The van der Waals surface area contributed by atoms with Gasteiger partial charge in [-0.25, -0.2) is 8.42 Å². The van der Waals surface area contributed by atoms with E-state index >= 15 is 0 Å². The largest absolute Gasteiger partial charge is 0.328 e. The lowest BCUT2D eigenvalue weighted by Gasteiger charge is -2.33. The van der Waals surface area contributed by atoms with Crippen LogP contribution in [-0.4, -0.2) is 31.9 Å². The summed E-state index contributed by atoms with van der Waals surface area (Å²) in [6, 6.07) is 5.48. The van der Waals surface area contributed by atoms with Gasteiger partial charge in [0.15, 0.2) is 0 Å². The van der Waals surface area contributed by atoms with E-state index in [1.807, 2.05) is 26.8 Å². The smallest absolute Gasteiger partial charge is 0.243 e. The van der Waals surface area contributed by atoms with Crippen molar-refractivity contribution in [3.05, 3.63) is 29.3 Å². The molecular weight excluding hydrogens is 308 g/mol. The average molecular weight is 333 g/mol. The summed E-state index contributed by atoms with van der Waals surface area (Å²) in [6.45, 7) is 7.07. The Morgan fingerprint density at radius 3 is 2.24 bits per heavy atom. The number of nitrogens with zero attached hydrogens (tertiary/aromatic N) is 1. The number of aryl methyl sites for hydroxylation is 2. The maximum Gasteiger partial charge on any atom is 0.243 e. The van der Waals surface area contributed by atoms with Crippen molar-refractivity contribution in [3.8, 4) is 0 Å². The highest BCUT2D eigenvalue weighted by atomic mass is 35.5. The zero-order valence-electron chi connectivity index (χ0n) is 12.9. The third kappa shape index (κ3) is 3.97. The third-order valence-electron chi connectivity index (χ3n) is 4.36. The second-order valence-electron chi connectivity index (χ2n) is 5.85. The maximum atomic E-state index is 12.6. The summed E-state index contributed by atoms with van der Waals surface area (Å²) in [5.41, 5.74) is 8.02. The van der Waals surface area contributed by atoms with Crippen LogP contribution in [0.4, 0.5) is 0 Å². The number of piperidine rings is 1. The Bertz CT molecular complexity index is 579. The second kappa shape index (κ2) is 7.09. The Kier molecular flexibility index (Phi) is 6.23. The number of hydrogen-bond acceptors (Lipinski definition) is 3. The Morgan fingerprint density at radius 2 is 1.76 bits per heavy atom. The molecule has 0 saturated carbocycles. The van der Waals surface area contributed by atoms with Crippen molar-refractivity contribution in [1.29, 1.82) is 0 Å². The Balaban J connectivity index is 0.00000220. The molecule has 1 aliphatic rings. The SMILES string of the molecule is Cc1ccc(S(=O)(=O)N2CCC(C(C)N)CC2)cc1C.Cl. The van der Waals surface area contributed by atoms with Crippen molar-refractivity contribution in [2.24, 2.45) is 11.7 Å². The van der Waals surface area contributed by atoms with Crippen molar-refractivity contribution >= 4 is 22.4 Å². The quantitative estimate of drug-likeness (QED) is 0.924. The van der Waals surface area contributed by atoms with Crippen molar-refractivity contribution < 1.29 is 8.42 Å². The van der Waals surface area contributed by atoms with E-state index in [1.165, 1.54) is 0 Å². The van der Waals surface area contributed by atoms with E-state index < -0.39 is 10.0 Å². The first-order chi connectivity index (χ1) is 9.32. The molecule has 1 unspecified atom stereocenters. The molecule has 0 aliphatic carbocycles. The van der Waals surface area contributed by atoms with Gasteiger partial charge in [-0.2, -0.15) is 4.31 Å². The molecule has 120 valence electrons. The Hall–Kier alpha value is -0.620. The Labute approximate surface area is 134 Å². The molecule has 0 amide bonds. The zero-order valence-corrected chi connectivity index (χ0v) is 14.5. The molecule has 0 bridgehead atoms. The first kappa shape index (κ1) is 18.4. The summed E-state index contributed by atoms with van der Waals surface area (Å²) < 4.78 is 26.8. The molecule has 2 rings (SSSR count). The lowest BCUT2D eigenvalue weighted by atomic mass is 9.92. The van der Waals surface area contributed by atoms with Crippen LogP contribution in [0.2, 0.25) is 0 Å². The lowest BCUT2D eigenvalue weighted by Crippen LogP contribution is -2.42. The van der Waals surface area contributed by atoms with Gasteiger partial charge in [0.05, 0.1) is 4.90 Å². The predicted molar refractivity (Wildman–Crippen MR) is 88.3 cm³/mol. The second-order valence-corrected chi connectivity index (χ2v) is 7.78. The fourth-order valence-electron chi connectivity index (χ4n) is 2.67. The van der Waals surface area contributed by atoms with Gasteiger partial charge < -0.3 is 5.73 Å². The molecule has 1 atom stereocenters. The molecular formula is C15H25ClN2O2S. The van der Waals surface area contributed by atoms with Gasteiger partial charge in [-0.3, -0.25) is 0 Å². The zero-order chi connectivity index (χ0) is 14.9. The van der Waals surface area contributed by atoms with Gasteiger partial charge in [0, 0.05) is 19.1 Å². The van der Waals surface area contributed by atoms with E-state index in [0.717, 1.165) is 24.0 Å². The summed E-state index contributed by atoms with van der Waals surface area (Å²) in [6.07, 6.45) is 1.70. The van der Waals surface area contributed by atoms with Gasteiger partial charge in [0.2, 0.25) is 10.0 Å². The number of benzene rings is 1. The minimum absolute atomic E-state index is 0. The highest BCUT2D eigenvalue weighted by Gasteiger charge is 2.30. The van der Waals surface area contributed by atoms with Gasteiger partial charge in [-0.1, -0.05) is 6.07 Å². The molecule has 1 fully saturated rings. The number of halogens is 1. The van der Waals surface area contributed by atoms with Crippen LogP contribution < -0.4 is 5.73 Å². The molecule has 0 aromatic heterocycles. The third-order valence-corrected chi connectivity index (χ3v) is 6.25. The predicted octanol–water partition coefficient (Wildman–Crippen LogP) is 2.47. The number of hydrogen-bond donors (Lipinski definition) is 1. The minimum Gasteiger partial charge on any atom is -0.328 e. The molecule has 2 N–H and O–H groups in total. The van der Waals surface area contributed by atoms with E-state index in [-0.39, 0.29) is 18.4 Å². The minimum atomic E-state index is -3.36. The molecule has 0 radical (unpaired) electrons. The highest BCUT2D eigenvalue weighted by molar-refractivity contribution is 7.89. The van der Waals surface area contributed by atoms with Crippen LogP contribution in [0.25, 0.3) is 0 Å². The average Bonchev–Trinajstić information content (AvgIpc) is 2.41. The maximum absolute atomic E-state index is 12.6. The molecule has 1 aromatic rings. The van der Waals surface area contributed by atoms with Crippen LogP contribution >= 0.6 is 12.4 Å². The van der Waals surface area contributed by atoms with E-state index in [9.17, 15) is 8.42 Å². The van der Waals surface area contributed by atoms with Crippen LogP contribution in [-0.2, 0) is 10.0 Å². The molecule has 1 aliphatic heterocycles. The van der Waals surface area contributed by atoms with E-state index in [0.29, 0.717) is 23.9 Å². The van der Waals surface area contributed by atoms with Gasteiger partial charge in [-0.05, 0) is 62.8 Å². The molecule has 0 spiro atoms. The van der Waals surface area contributed by atoms with Crippen LogP contribution in [0.3, 0.4) is 0 Å². The van der Waals surface area contributed by atoms with Crippen molar-refractivity contribution in [2.75, 3.05) is 13.1 Å². The molecule has 4 nitrogen and oxygen atoms in total. The van der Waals surface area contributed by atoms with Crippen LogP contribution in [0.15, 0.2) is 23.1 Å². The topological polar surface area (TPSA) is 63.4 Å². The van der Waals surface area contributed by atoms with Gasteiger partial charge in [0.25, 0.3) is 0 Å². The standard InChI is InChI=1S/C15H24N2O2S.ClH/c1-11-4-5-15(10-12(11)2)20(18,19)17-8-6-14(7-9-17)13(3)16;/h4-5,10,13-14H,6-9,16H2,1-3H3;1H. The fourth-order valence-corrected chi connectivity index (χ4v) is 4.22. The van der Waals surface area contributed by atoms with Crippen molar-refractivity contribution in [1.82, 2.24) is 4.31 Å². The number of rotatable bonds is 3. The summed E-state index contributed by atoms with van der Waals surface area (Å²) in [5.74, 6) is 0.432. The Morgan fingerprint density at radius 1 is 1.19 bits per heavy atom. The fraction of sp³-hybridized carbons (Fsp3) is 0.600. The lowest BCUT2D eigenvalue weighted by molar-refractivity contribution is 0.250. The van der Waals surface area contributed by atoms with E-state index in [2.05, 4.69) is 0 Å². The number of sulfonamides is 1. The van der Waals surface area contributed by atoms with Crippen LogP contribution in [0.5, 0.6) is 0 Å². The number of nitrogens with two attached hydrogens (primary N) is 1. The van der Waals surface area contributed by atoms with Crippen LogP contribution in [0, 0.1) is 19.8 Å². The summed E-state index contributed by atoms with van der Waals surface area (Å²) in [4.78, 5) is 0.403. The first-order valence-electron chi connectivity index (χ1n) is 7.15. The van der Waals surface area contributed by atoms with Crippen LogP contribution in [0.1, 0.15) is 30.9 Å². The summed E-state index contributed by atoms with van der Waals surface area (Å²) >= 11 is 0. The molecule has 1 aromatic carbocycles. The van der Waals surface area contributed by atoms with Gasteiger partial charge in [-0.15, -0.1) is 12.4 Å². The normalized spacial score (nSPS) is 19.0. The van der Waals surface area contributed by atoms with Gasteiger partial charge >= 0.3 is 0 Å². The van der Waals surface area contributed by atoms with Crippen molar-refractivity contribution in [2.45, 2.75) is 44.6 Å². The summed E-state index contributed by atoms with van der Waals surface area (Å²) in [5, 5.41) is 0. The first-order valence-corrected chi connectivity index (χ1v) is 8.59. The monoisotopic (exact) mass is 332 g/mol. The van der Waals surface area contributed by atoms with Crippen molar-refractivity contribution in [3.63, 3.8) is 0 Å². The van der Waals surface area contributed by atoms with Gasteiger partial charge in [0.1, 0.15) is 0 Å².